The lowest BCUT2D eigenvalue weighted by Crippen LogP contribution is -2.49. The molecule has 8 heteroatoms. The molecule has 0 spiro atoms. The highest BCUT2D eigenvalue weighted by Crippen LogP contribution is 2.22. The summed E-state index contributed by atoms with van der Waals surface area (Å²) in [5.41, 5.74) is 0.468. The van der Waals surface area contributed by atoms with Crippen LogP contribution < -0.4 is 10.0 Å². The van der Waals surface area contributed by atoms with Crippen LogP contribution >= 0.6 is 0 Å². The lowest BCUT2D eigenvalue weighted by Gasteiger charge is -2.35. The first kappa shape index (κ1) is 21.2. The number of hydrogen-bond acceptors (Lipinski definition) is 5. The molecule has 2 fully saturated rings. The number of amides is 1. The van der Waals surface area contributed by atoms with Crippen molar-refractivity contribution in [1.82, 2.24) is 14.9 Å². The van der Waals surface area contributed by atoms with Gasteiger partial charge in [-0.1, -0.05) is 13.8 Å². The fourth-order valence-corrected chi connectivity index (χ4v) is 4.74. The minimum absolute atomic E-state index is 0.0612. The van der Waals surface area contributed by atoms with Crippen LogP contribution in [0.4, 0.5) is 0 Å². The van der Waals surface area contributed by atoms with Gasteiger partial charge >= 0.3 is 0 Å². The van der Waals surface area contributed by atoms with Crippen molar-refractivity contribution in [3.63, 3.8) is 0 Å². The Morgan fingerprint density at radius 1 is 1.18 bits per heavy atom. The number of carbonyl (C=O) groups excluding carboxylic acids is 1. The third kappa shape index (κ3) is 6.01. The lowest BCUT2D eigenvalue weighted by atomic mass is 10.0. The highest BCUT2D eigenvalue weighted by Gasteiger charge is 2.28. The minimum atomic E-state index is -3.49. The van der Waals surface area contributed by atoms with E-state index in [1.165, 1.54) is 12.1 Å². The van der Waals surface area contributed by atoms with Gasteiger partial charge in [0.1, 0.15) is 0 Å². The van der Waals surface area contributed by atoms with Gasteiger partial charge in [-0.05, 0) is 49.4 Å². The Hall–Kier alpha value is -1.48. The molecule has 1 unspecified atom stereocenters. The molecule has 0 bridgehead atoms. The third-order valence-corrected chi connectivity index (χ3v) is 6.67. The molecule has 1 aliphatic heterocycles. The summed E-state index contributed by atoms with van der Waals surface area (Å²) in [5, 5.41) is 3.02. The Labute approximate surface area is 167 Å². The van der Waals surface area contributed by atoms with Crippen LogP contribution in [0.3, 0.4) is 0 Å². The Bertz CT molecular complexity index is 754. The van der Waals surface area contributed by atoms with E-state index >= 15 is 0 Å². The van der Waals surface area contributed by atoms with Crippen molar-refractivity contribution in [3.8, 4) is 0 Å². The van der Waals surface area contributed by atoms with E-state index in [1.54, 1.807) is 12.1 Å². The number of nitrogens with zero attached hydrogens (tertiary/aromatic N) is 1. The van der Waals surface area contributed by atoms with E-state index in [2.05, 4.69) is 28.8 Å². The van der Waals surface area contributed by atoms with Gasteiger partial charge in [0.05, 0.1) is 18.1 Å². The normalized spacial score (nSPS) is 19.5. The zero-order chi connectivity index (χ0) is 20.1. The maximum Gasteiger partial charge on any atom is 0.251 e. The van der Waals surface area contributed by atoms with Gasteiger partial charge < -0.3 is 10.1 Å². The third-order valence-electron chi connectivity index (χ3n) is 5.13. The molecule has 28 heavy (non-hydrogen) atoms. The van der Waals surface area contributed by atoms with E-state index in [-0.39, 0.29) is 22.9 Å². The summed E-state index contributed by atoms with van der Waals surface area (Å²) in [5.74, 6) is 0.356. The summed E-state index contributed by atoms with van der Waals surface area (Å²) in [7, 11) is -3.49. The predicted molar refractivity (Wildman–Crippen MR) is 108 cm³/mol. The average Bonchev–Trinajstić information content (AvgIpc) is 3.48. The van der Waals surface area contributed by atoms with Crippen LogP contribution in [0.15, 0.2) is 29.2 Å². The molecule has 1 saturated carbocycles. The molecule has 1 aromatic carbocycles. The van der Waals surface area contributed by atoms with Crippen molar-refractivity contribution in [1.29, 1.82) is 0 Å². The molecule has 3 rings (SSSR count). The van der Waals surface area contributed by atoms with E-state index in [4.69, 9.17) is 4.74 Å². The second-order valence-electron chi connectivity index (χ2n) is 8.06. The van der Waals surface area contributed by atoms with Crippen molar-refractivity contribution in [2.24, 2.45) is 5.92 Å². The Kier molecular flexibility index (Phi) is 7.09. The molecule has 2 N–H and O–H groups in total. The predicted octanol–water partition coefficient (Wildman–Crippen LogP) is 1.60. The molecule has 1 amide bonds. The van der Waals surface area contributed by atoms with Gasteiger partial charge in [0.2, 0.25) is 10.0 Å². The van der Waals surface area contributed by atoms with Gasteiger partial charge in [-0.15, -0.1) is 0 Å². The van der Waals surface area contributed by atoms with Crippen molar-refractivity contribution >= 4 is 15.9 Å². The van der Waals surface area contributed by atoms with Gasteiger partial charge in [-0.2, -0.15) is 0 Å². The van der Waals surface area contributed by atoms with Crippen LogP contribution in [0.25, 0.3) is 0 Å². The highest BCUT2D eigenvalue weighted by molar-refractivity contribution is 7.89. The van der Waals surface area contributed by atoms with E-state index in [0.717, 1.165) is 45.6 Å². The molecule has 1 aromatic rings. The number of carbonyl (C=O) groups is 1. The molecule has 0 aromatic heterocycles. The largest absolute Gasteiger partial charge is 0.379 e. The Morgan fingerprint density at radius 2 is 1.82 bits per heavy atom. The van der Waals surface area contributed by atoms with Gasteiger partial charge in [0.15, 0.2) is 0 Å². The SMILES string of the molecule is CC(C)CC(CNC(=O)c1ccc(S(=O)(=O)NC2CC2)cc1)N1CCOCC1. The highest BCUT2D eigenvalue weighted by atomic mass is 32.2. The number of hydrogen-bond donors (Lipinski definition) is 2. The number of rotatable bonds is 9. The lowest BCUT2D eigenvalue weighted by molar-refractivity contribution is 0.0124. The van der Waals surface area contributed by atoms with Crippen LogP contribution in [0.5, 0.6) is 0 Å². The maximum absolute atomic E-state index is 12.5. The molecule has 7 nitrogen and oxygen atoms in total. The Balaban J connectivity index is 1.58. The molecule has 2 aliphatic rings. The zero-order valence-corrected chi connectivity index (χ0v) is 17.5. The number of sulfonamides is 1. The number of morpholine rings is 1. The standard InChI is InChI=1S/C20H31N3O4S/c1-15(2)13-18(23-9-11-27-12-10-23)14-21-20(24)16-3-7-19(8-4-16)28(25,26)22-17-5-6-17/h3-4,7-8,15,17-18,22H,5-6,9-14H2,1-2H3,(H,21,24). The molecule has 0 radical (unpaired) electrons. The van der Waals surface area contributed by atoms with Gasteiger partial charge in [0, 0.05) is 37.3 Å². The van der Waals surface area contributed by atoms with Crippen molar-refractivity contribution in [2.45, 2.75) is 50.1 Å². The average molecular weight is 410 g/mol. The first-order chi connectivity index (χ1) is 13.3. The first-order valence-electron chi connectivity index (χ1n) is 10.1. The molecule has 1 atom stereocenters. The summed E-state index contributed by atoms with van der Waals surface area (Å²) in [6.07, 6.45) is 2.78. The number of benzene rings is 1. The smallest absolute Gasteiger partial charge is 0.251 e. The van der Waals surface area contributed by atoms with Crippen molar-refractivity contribution in [3.05, 3.63) is 29.8 Å². The first-order valence-corrected chi connectivity index (χ1v) is 11.6. The maximum atomic E-state index is 12.5. The summed E-state index contributed by atoms with van der Waals surface area (Å²) in [6.45, 7) is 8.16. The number of nitrogens with one attached hydrogen (secondary N) is 2. The molecule has 156 valence electrons. The molecule has 1 aliphatic carbocycles. The molecule has 1 saturated heterocycles. The monoisotopic (exact) mass is 409 g/mol. The van der Waals surface area contributed by atoms with E-state index < -0.39 is 10.0 Å². The fraction of sp³-hybridized carbons (Fsp3) is 0.650. The zero-order valence-electron chi connectivity index (χ0n) is 16.7. The second-order valence-corrected chi connectivity index (χ2v) is 9.78. The van der Waals surface area contributed by atoms with E-state index in [9.17, 15) is 13.2 Å². The summed E-state index contributed by atoms with van der Waals surface area (Å²) in [4.78, 5) is 15.1. The quantitative estimate of drug-likeness (QED) is 0.647. The topological polar surface area (TPSA) is 87.7 Å². The van der Waals surface area contributed by atoms with Crippen LogP contribution in [-0.2, 0) is 14.8 Å². The van der Waals surface area contributed by atoms with Crippen molar-refractivity contribution in [2.75, 3.05) is 32.8 Å². The van der Waals surface area contributed by atoms with Crippen LogP contribution in [0.1, 0.15) is 43.5 Å². The van der Waals surface area contributed by atoms with Crippen molar-refractivity contribution < 1.29 is 17.9 Å². The van der Waals surface area contributed by atoms with Gasteiger partial charge in [0.25, 0.3) is 5.91 Å². The second kappa shape index (κ2) is 9.35. The molecular formula is C20H31N3O4S. The van der Waals surface area contributed by atoms with Crippen LogP contribution in [0.2, 0.25) is 0 Å². The summed E-state index contributed by atoms with van der Waals surface area (Å²) in [6, 6.07) is 6.47. The fourth-order valence-electron chi connectivity index (χ4n) is 3.43. The van der Waals surface area contributed by atoms with Crippen LogP contribution in [0, 0.1) is 5.92 Å². The van der Waals surface area contributed by atoms with Gasteiger partial charge in [-0.25, -0.2) is 13.1 Å². The van der Waals surface area contributed by atoms with Gasteiger partial charge in [-0.3, -0.25) is 9.69 Å². The minimum Gasteiger partial charge on any atom is -0.379 e. The summed E-state index contributed by atoms with van der Waals surface area (Å²) >= 11 is 0. The summed E-state index contributed by atoms with van der Waals surface area (Å²) < 4.78 is 32.5. The molecule has 1 heterocycles. The Morgan fingerprint density at radius 3 is 2.39 bits per heavy atom. The molecular weight excluding hydrogens is 378 g/mol. The van der Waals surface area contributed by atoms with E-state index in [0.29, 0.717) is 18.0 Å². The van der Waals surface area contributed by atoms with Crippen LogP contribution in [-0.4, -0.2) is 64.2 Å². The van der Waals surface area contributed by atoms with E-state index in [1.807, 2.05) is 0 Å². The number of ether oxygens (including phenoxy) is 1.